The molecule has 1 rings (SSSR count). The maximum Gasteiger partial charge on any atom is 0.279 e. The Kier molecular flexibility index (Phi) is 8.16. The van der Waals surface area contributed by atoms with Crippen LogP contribution in [0, 0.1) is 11.8 Å². The van der Waals surface area contributed by atoms with Crippen molar-refractivity contribution in [3.05, 3.63) is 0 Å². The van der Waals surface area contributed by atoms with E-state index in [-0.39, 0.29) is 6.04 Å². The quantitative estimate of drug-likeness (QED) is 0.639. The first kappa shape index (κ1) is 18.9. The van der Waals surface area contributed by atoms with Crippen LogP contribution < -0.4 is 10.0 Å². The van der Waals surface area contributed by atoms with Crippen LogP contribution in [0.2, 0.25) is 0 Å². The third kappa shape index (κ3) is 6.22. The molecule has 3 unspecified atom stereocenters. The predicted octanol–water partition coefficient (Wildman–Crippen LogP) is 1.97. The topological polar surface area (TPSA) is 61.4 Å². The molecular weight excluding hydrogens is 286 g/mol. The van der Waals surface area contributed by atoms with Crippen molar-refractivity contribution in [2.45, 2.75) is 58.9 Å². The number of hydrogen-bond donors (Lipinski definition) is 2. The minimum atomic E-state index is -3.35. The summed E-state index contributed by atoms with van der Waals surface area (Å²) in [5.41, 5.74) is 0. The molecule has 0 aromatic heterocycles. The van der Waals surface area contributed by atoms with Crippen LogP contribution in [-0.2, 0) is 10.2 Å². The van der Waals surface area contributed by atoms with Crippen LogP contribution in [0.25, 0.3) is 0 Å². The molecule has 6 heteroatoms. The van der Waals surface area contributed by atoms with Crippen molar-refractivity contribution in [1.29, 1.82) is 0 Å². The van der Waals surface area contributed by atoms with E-state index in [1.807, 2.05) is 0 Å². The Morgan fingerprint density at radius 2 is 1.90 bits per heavy atom. The fraction of sp³-hybridized carbons (Fsp3) is 1.00. The number of rotatable bonds is 9. The van der Waals surface area contributed by atoms with E-state index in [2.05, 4.69) is 30.8 Å². The molecule has 1 aliphatic carbocycles. The van der Waals surface area contributed by atoms with Crippen molar-refractivity contribution < 1.29 is 8.42 Å². The molecule has 1 saturated carbocycles. The molecule has 21 heavy (non-hydrogen) atoms. The molecule has 5 nitrogen and oxygen atoms in total. The van der Waals surface area contributed by atoms with Gasteiger partial charge in [-0.2, -0.15) is 17.4 Å². The van der Waals surface area contributed by atoms with Gasteiger partial charge in [0.2, 0.25) is 0 Å². The molecular formula is C15H33N3O2S. The molecule has 3 atom stereocenters. The van der Waals surface area contributed by atoms with Crippen LogP contribution in [0.5, 0.6) is 0 Å². The smallest absolute Gasteiger partial charge is 0.279 e. The third-order valence-electron chi connectivity index (χ3n) is 4.67. The van der Waals surface area contributed by atoms with Crippen LogP contribution in [0.15, 0.2) is 0 Å². The van der Waals surface area contributed by atoms with Crippen LogP contribution in [-0.4, -0.2) is 45.4 Å². The highest BCUT2D eigenvalue weighted by molar-refractivity contribution is 7.87. The molecule has 0 aliphatic heterocycles. The van der Waals surface area contributed by atoms with E-state index in [0.717, 1.165) is 38.8 Å². The van der Waals surface area contributed by atoms with Gasteiger partial charge in [-0.15, -0.1) is 0 Å². The highest BCUT2D eigenvalue weighted by Gasteiger charge is 2.31. The summed E-state index contributed by atoms with van der Waals surface area (Å²) in [5.74, 6) is 1.00. The van der Waals surface area contributed by atoms with Crippen molar-refractivity contribution in [3.63, 3.8) is 0 Å². The standard InChI is InChI=1S/C15H33N3O2S/c1-5-10-16-11-7-12-18(4)21(19,20)17-15-9-6-8-13(2)14(15)3/h13-17H,5-12H2,1-4H3. The van der Waals surface area contributed by atoms with E-state index in [0.29, 0.717) is 18.4 Å². The van der Waals surface area contributed by atoms with Crippen LogP contribution in [0.4, 0.5) is 0 Å². The Morgan fingerprint density at radius 1 is 1.19 bits per heavy atom. The maximum atomic E-state index is 12.4. The largest absolute Gasteiger partial charge is 0.317 e. The minimum Gasteiger partial charge on any atom is -0.317 e. The Labute approximate surface area is 131 Å². The first-order chi connectivity index (χ1) is 9.88. The molecule has 0 bridgehead atoms. The van der Waals surface area contributed by atoms with Gasteiger partial charge in [-0.1, -0.05) is 33.6 Å². The van der Waals surface area contributed by atoms with E-state index in [1.165, 1.54) is 10.7 Å². The lowest BCUT2D eigenvalue weighted by molar-refractivity contribution is 0.224. The molecule has 126 valence electrons. The minimum absolute atomic E-state index is 0.0828. The van der Waals surface area contributed by atoms with Gasteiger partial charge in [0.1, 0.15) is 0 Å². The zero-order valence-electron chi connectivity index (χ0n) is 14.1. The van der Waals surface area contributed by atoms with Gasteiger partial charge in [0.15, 0.2) is 0 Å². The van der Waals surface area contributed by atoms with Crippen molar-refractivity contribution >= 4 is 10.2 Å². The Balaban J connectivity index is 2.40. The molecule has 2 N–H and O–H groups in total. The molecule has 1 aliphatic rings. The highest BCUT2D eigenvalue weighted by Crippen LogP contribution is 2.29. The van der Waals surface area contributed by atoms with Gasteiger partial charge in [-0.25, -0.2) is 0 Å². The van der Waals surface area contributed by atoms with Gasteiger partial charge in [0, 0.05) is 19.6 Å². The van der Waals surface area contributed by atoms with E-state index >= 15 is 0 Å². The van der Waals surface area contributed by atoms with Crippen molar-refractivity contribution in [2.75, 3.05) is 26.7 Å². The Hall–Kier alpha value is -0.170. The van der Waals surface area contributed by atoms with Crippen LogP contribution in [0.3, 0.4) is 0 Å². The number of nitrogens with zero attached hydrogens (tertiary/aromatic N) is 1. The van der Waals surface area contributed by atoms with Gasteiger partial charge < -0.3 is 5.32 Å². The van der Waals surface area contributed by atoms with Crippen LogP contribution >= 0.6 is 0 Å². The summed E-state index contributed by atoms with van der Waals surface area (Å²) in [4.78, 5) is 0. The first-order valence-corrected chi connectivity index (χ1v) is 9.76. The molecule has 0 aromatic rings. The predicted molar refractivity (Wildman–Crippen MR) is 88.4 cm³/mol. The fourth-order valence-electron chi connectivity index (χ4n) is 2.88. The molecule has 1 fully saturated rings. The van der Waals surface area contributed by atoms with Crippen molar-refractivity contribution in [3.8, 4) is 0 Å². The van der Waals surface area contributed by atoms with Crippen LogP contribution in [0.1, 0.15) is 52.9 Å². The Morgan fingerprint density at radius 3 is 2.57 bits per heavy atom. The highest BCUT2D eigenvalue weighted by atomic mass is 32.2. The first-order valence-electron chi connectivity index (χ1n) is 8.32. The average molecular weight is 320 g/mol. The summed E-state index contributed by atoms with van der Waals surface area (Å²) in [5, 5.41) is 3.29. The lowest BCUT2D eigenvalue weighted by atomic mass is 9.78. The van der Waals surface area contributed by atoms with E-state index in [4.69, 9.17) is 0 Å². The third-order valence-corrected chi connectivity index (χ3v) is 6.27. The van der Waals surface area contributed by atoms with E-state index in [9.17, 15) is 8.42 Å². The summed E-state index contributed by atoms with van der Waals surface area (Å²) >= 11 is 0. The van der Waals surface area contributed by atoms with Gasteiger partial charge in [0.05, 0.1) is 0 Å². The molecule has 0 aromatic carbocycles. The van der Waals surface area contributed by atoms with Crippen molar-refractivity contribution in [1.82, 2.24) is 14.3 Å². The molecule has 0 heterocycles. The second-order valence-electron chi connectivity index (χ2n) is 6.42. The fourth-order valence-corrected chi connectivity index (χ4v) is 4.14. The average Bonchev–Trinajstić information content (AvgIpc) is 2.43. The number of nitrogens with one attached hydrogen (secondary N) is 2. The molecule has 0 radical (unpaired) electrons. The van der Waals surface area contributed by atoms with E-state index < -0.39 is 10.2 Å². The summed E-state index contributed by atoms with van der Waals surface area (Å²) in [6.45, 7) is 8.92. The van der Waals surface area contributed by atoms with E-state index in [1.54, 1.807) is 7.05 Å². The zero-order valence-corrected chi connectivity index (χ0v) is 14.9. The summed E-state index contributed by atoms with van der Waals surface area (Å²) in [6, 6.07) is 0.0828. The zero-order chi connectivity index (χ0) is 15.9. The normalized spacial score (nSPS) is 27.2. The van der Waals surface area contributed by atoms with Gasteiger partial charge in [-0.05, 0) is 44.2 Å². The number of hydrogen-bond acceptors (Lipinski definition) is 3. The van der Waals surface area contributed by atoms with Gasteiger partial charge >= 0.3 is 0 Å². The monoisotopic (exact) mass is 319 g/mol. The summed E-state index contributed by atoms with van der Waals surface area (Å²) in [6.07, 6.45) is 5.22. The molecule has 0 amide bonds. The molecule has 0 spiro atoms. The van der Waals surface area contributed by atoms with Crippen molar-refractivity contribution in [2.24, 2.45) is 11.8 Å². The maximum absolute atomic E-state index is 12.4. The summed E-state index contributed by atoms with van der Waals surface area (Å²) < 4.78 is 29.1. The van der Waals surface area contributed by atoms with Gasteiger partial charge in [-0.3, -0.25) is 0 Å². The SMILES string of the molecule is CCCNCCCN(C)S(=O)(=O)NC1CCCC(C)C1C. The summed E-state index contributed by atoms with van der Waals surface area (Å²) in [7, 11) is -1.69. The van der Waals surface area contributed by atoms with Gasteiger partial charge in [0.25, 0.3) is 10.2 Å². The second kappa shape index (κ2) is 9.08. The lowest BCUT2D eigenvalue weighted by Crippen LogP contribution is -2.49. The lowest BCUT2D eigenvalue weighted by Gasteiger charge is -2.35. The Bertz CT molecular complexity index is 386. The second-order valence-corrected chi connectivity index (χ2v) is 8.23. The molecule has 0 saturated heterocycles.